The van der Waals surface area contributed by atoms with Gasteiger partial charge in [-0.2, -0.15) is 5.10 Å². The van der Waals surface area contributed by atoms with E-state index >= 15 is 0 Å². The highest BCUT2D eigenvalue weighted by Crippen LogP contribution is 2.28. The number of rotatable bonds is 3. The van der Waals surface area contributed by atoms with Crippen molar-refractivity contribution in [1.82, 2.24) is 14.8 Å². The number of nitro groups is 1. The summed E-state index contributed by atoms with van der Waals surface area (Å²) in [5.41, 5.74) is -0.745. The third-order valence-corrected chi connectivity index (χ3v) is 2.11. The number of aromatic nitrogens is 3. The molecule has 0 fully saturated rings. The van der Waals surface area contributed by atoms with E-state index in [0.717, 1.165) is 16.8 Å². The molecule has 0 spiro atoms. The SMILES string of the molecule is O=[N+]([O-])c1cc(C(F)F)ccc1-n1cncn1. The first-order chi connectivity index (χ1) is 8.09. The molecule has 0 atom stereocenters. The van der Waals surface area contributed by atoms with Crippen molar-refractivity contribution in [3.8, 4) is 5.69 Å². The molecule has 0 N–H and O–H groups in total. The van der Waals surface area contributed by atoms with Gasteiger partial charge in [-0.1, -0.05) is 6.07 Å². The average molecular weight is 240 g/mol. The van der Waals surface area contributed by atoms with E-state index in [0.29, 0.717) is 0 Å². The van der Waals surface area contributed by atoms with Gasteiger partial charge >= 0.3 is 0 Å². The van der Waals surface area contributed by atoms with Crippen molar-refractivity contribution < 1.29 is 13.7 Å². The largest absolute Gasteiger partial charge is 0.295 e. The lowest BCUT2D eigenvalue weighted by molar-refractivity contribution is -0.384. The zero-order valence-electron chi connectivity index (χ0n) is 8.33. The maximum absolute atomic E-state index is 12.4. The lowest BCUT2D eigenvalue weighted by atomic mass is 10.2. The number of halogens is 2. The van der Waals surface area contributed by atoms with Crippen LogP contribution in [0.15, 0.2) is 30.9 Å². The molecule has 0 radical (unpaired) electrons. The van der Waals surface area contributed by atoms with Gasteiger partial charge in [0.1, 0.15) is 18.3 Å². The van der Waals surface area contributed by atoms with Crippen LogP contribution >= 0.6 is 0 Å². The summed E-state index contributed by atoms with van der Waals surface area (Å²) in [5.74, 6) is 0. The molecule has 8 heteroatoms. The second kappa shape index (κ2) is 4.24. The lowest BCUT2D eigenvalue weighted by Gasteiger charge is -2.04. The van der Waals surface area contributed by atoms with Crippen LogP contribution in [0.2, 0.25) is 0 Å². The summed E-state index contributed by atoms with van der Waals surface area (Å²) in [7, 11) is 0. The molecule has 1 aromatic heterocycles. The predicted octanol–water partition coefficient (Wildman–Crippen LogP) is 2.11. The highest BCUT2D eigenvalue weighted by atomic mass is 19.3. The van der Waals surface area contributed by atoms with Gasteiger partial charge in [-0.25, -0.2) is 18.4 Å². The highest BCUT2D eigenvalue weighted by Gasteiger charge is 2.19. The van der Waals surface area contributed by atoms with Crippen molar-refractivity contribution in [2.75, 3.05) is 0 Å². The summed E-state index contributed by atoms with van der Waals surface area (Å²) in [6, 6.07) is 3.17. The molecule has 2 rings (SSSR count). The number of alkyl halides is 2. The summed E-state index contributed by atoms with van der Waals surface area (Å²) in [6.45, 7) is 0. The molecule has 0 saturated heterocycles. The lowest BCUT2D eigenvalue weighted by Crippen LogP contribution is -2.01. The Morgan fingerprint density at radius 1 is 1.41 bits per heavy atom. The van der Waals surface area contributed by atoms with Gasteiger partial charge in [0.2, 0.25) is 0 Å². The minimum absolute atomic E-state index is 0.0944. The Balaban J connectivity index is 2.57. The Morgan fingerprint density at radius 3 is 2.71 bits per heavy atom. The Labute approximate surface area is 93.7 Å². The molecular weight excluding hydrogens is 234 g/mol. The van der Waals surface area contributed by atoms with Gasteiger partial charge in [0.15, 0.2) is 0 Å². The smallest absolute Gasteiger partial charge is 0.258 e. The second-order valence-corrected chi connectivity index (χ2v) is 3.15. The average Bonchev–Trinajstić information content (AvgIpc) is 2.81. The van der Waals surface area contributed by atoms with Crippen LogP contribution in [-0.4, -0.2) is 19.7 Å². The maximum Gasteiger partial charge on any atom is 0.295 e. The molecule has 1 heterocycles. The summed E-state index contributed by atoms with van der Waals surface area (Å²) in [4.78, 5) is 13.7. The number of nitrogens with zero attached hydrogens (tertiary/aromatic N) is 4. The topological polar surface area (TPSA) is 73.8 Å². The summed E-state index contributed by atoms with van der Waals surface area (Å²) in [5, 5.41) is 14.5. The first kappa shape index (κ1) is 11.1. The fraction of sp³-hybridized carbons (Fsp3) is 0.111. The third kappa shape index (κ3) is 2.10. The standard InChI is InChI=1S/C9H6F2N4O2/c10-9(11)6-1-2-7(8(3-6)15(16)17)14-5-12-4-13-14/h1-5,9H. The van der Waals surface area contributed by atoms with Gasteiger partial charge in [0.25, 0.3) is 12.1 Å². The van der Waals surface area contributed by atoms with Crippen molar-refractivity contribution in [2.45, 2.75) is 6.43 Å². The van der Waals surface area contributed by atoms with Gasteiger partial charge in [-0.05, 0) is 6.07 Å². The molecule has 88 valence electrons. The van der Waals surface area contributed by atoms with E-state index in [1.165, 1.54) is 18.7 Å². The minimum Gasteiger partial charge on any atom is -0.258 e. The Bertz CT molecular complexity index is 542. The van der Waals surface area contributed by atoms with Crippen LogP contribution < -0.4 is 0 Å². The second-order valence-electron chi connectivity index (χ2n) is 3.15. The Kier molecular flexibility index (Phi) is 2.77. The summed E-state index contributed by atoms with van der Waals surface area (Å²) in [6.07, 6.45) is -0.298. The zero-order chi connectivity index (χ0) is 12.4. The molecule has 0 aliphatic carbocycles. The van der Waals surface area contributed by atoms with Crippen molar-refractivity contribution in [3.63, 3.8) is 0 Å². The molecule has 0 aliphatic heterocycles. The predicted molar refractivity (Wildman–Crippen MR) is 53.0 cm³/mol. The van der Waals surface area contributed by atoms with Crippen LogP contribution in [0.1, 0.15) is 12.0 Å². The monoisotopic (exact) mass is 240 g/mol. The van der Waals surface area contributed by atoms with E-state index in [1.807, 2.05) is 0 Å². The number of benzene rings is 1. The Hall–Kier alpha value is -2.38. The molecule has 2 aromatic rings. The van der Waals surface area contributed by atoms with E-state index in [-0.39, 0.29) is 5.69 Å². The van der Waals surface area contributed by atoms with Crippen molar-refractivity contribution in [2.24, 2.45) is 0 Å². The molecule has 0 amide bonds. The van der Waals surface area contributed by atoms with E-state index in [1.54, 1.807) is 0 Å². The minimum atomic E-state index is -2.75. The van der Waals surface area contributed by atoms with Crippen LogP contribution in [0.5, 0.6) is 0 Å². The van der Waals surface area contributed by atoms with Crippen LogP contribution in [0.4, 0.5) is 14.5 Å². The van der Waals surface area contributed by atoms with Crippen LogP contribution in [0.3, 0.4) is 0 Å². The number of nitro benzene ring substituents is 1. The van der Waals surface area contributed by atoms with Gasteiger partial charge in [-0.3, -0.25) is 10.1 Å². The van der Waals surface area contributed by atoms with Crippen molar-refractivity contribution in [1.29, 1.82) is 0 Å². The molecule has 0 aliphatic rings. The molecule has 0 saturated carbocycles. The van der Waals surface area contributed by atoms with E-state index in [2.05, 4.69) is 10.1 Å². The Morgan fingerprint density at radius 2 is 2.18 bits per heavy atom. The van der Waals surface area contributed by atoms with E-state index < -0.39 is 22.6 Å². The molecule has 17 heavy (non-hydrogen) atoms. The quantitative estimate of drug-likeness (QED) is 0.608. The van der Waals surface area contributed by atoms with Gasteiger partial charge < -0.3 is 0 Å². The summed E-state index contributed by atoms with van der Waals surface area (Å²) >= 11 is 0. The normalized spacial score (nSPS) is 10.8. The molecule has 0 unspecified atom stereocenters. The fourth-order valence-corrected chi connectivity index (χ4v) is 1.35. The van der Waals surface area contributed by atoms with Crippen LogP contribution in [-0.2, 0) is 0 Å². The number of hydrogen-bond donors (Lipinski definition) is 0. The third-order valence-electron chi connectivity index (χ3n) is 2.11. The van der Waals surface area contributed by atoms with Gasteiger partial charge in [-0.15, -0.1) is 0 Å². The van der Waals surface area contributed by atoms with Gasteiger partial charge in [0.05, 0.1) is 4.92 Å². The fourth-order valence-electron chi connectivity index (χ4n) is 1.35. The maximum atomic E-state index is 12.4. The number of hydrogen-bond acceptors (Lipinski definition) is 4. The first-order valence-electron chi connectivity index (χ1n) is 4.51. The zero-order valence-corrected chi connectivity index (χ0v) is 8.33. The van der Waals surface area contributed by atoms with Crippen molar-refractivity contribution in [3.05, 3.63) is 46.5 Å². The molecule has 0 bridgehead atoms. The highest BCUT2D eigenvalue weighted by molar-refractivity contribution is 5.53. The molecular formula is C9H6F2N4O2. The molecule has 1 aromatic carbocycles. The van der Waals surface area contributed by atoms with E-state index in [9.17, 15) is 18.9 Å². The molecule has 6 nitrogen and oxygen atoms in total. The first-order valence-corrected chi connectivity index (χ1v) is 4.51. The summed E-state index contributed by atoms with van der Waals surface area (Å²) < 4.78 is 26.0. The van der Waals surface area contributed by atoms with Crippen molar-refractivity contribution >= 4 is 5.69 Å². The van der Waals surface area contributed by atoms with Crippen LogP contribution in [0.25, 0.3) is 5.69 Å². The van der Waals surface area contributed by atoms with Crippen LogP contribution in [0, 0.1) is 10.1 Å². The van der Waals surface area contributed by atoms with E-state index in [4.69, 9.17) is 0 Å². The van der Waals surface area contributed by atoms with Gasteiger partial charge in [0, 0.05) is 11.6 Å².